The standard InChI is InChI=1S/C10H11NO2/c1-7(2)5-9-4-3-8(6-11-9)10(12)13/h3-6H,1-2H3,(H,12,13). The Morgan fingerprint density at radius 2 is 2.15 bits per heavy atom. The molecule has 1 heterocycles. The predicted molar refractivity (Wildman–Crippen MR) is 50.5 cm³/mol. The van der Waals surface area contributed by atoms with Crippen molar-refractivity contribution in [3.8, 4) is 0 Å². The van der Waals surface area contributed by atoms with Gasteiger partial charge in [-0.1, -0.05) is 5.57 Å². The molecule has 0 aliphatic rings. The lowest BCUT2D eigenvalue weighted by atomic mass is 10.2. The Morgan fingerprint density at radius 3 is 2.54 bits per heavy atom. The molecule has 0 aromatic carbocycles. The zero-order valence-electron chi connectivity index (χ0n) is 7.61. The molecule has 1 rings (SSSR count). The molecule has 0 saturated heterocycles. The summed E-state index contributed by atoms with van der Waals surface area (Å²) in [6, 6.07) is 3.24. The number of aromatic nitrogens is 1. The van der Waals surface area contributed by atoms with Crippen molar-refractivity contribution in [2.45, 2.75) is 13.8 Å². The van der Waals surface area contributed by atoms with Crippen molar-refractivity contribution >= 4 is 12.0 Å². The number of carboxylic acid groups (broad SMARTS) is 1. The first kappa shape index (κ1) is 9.45. The smallest absolute Gasteiger partial charge is 0.337 e. The van der Waals surface area contributed by atoms with Gasteiger partial charge in [0.05, 0.1) is 11.3 Å². The van der Waals surface area contributed by atoms with E-state index in [1.807, 2.05) is 19.9 Å². The third-order valence-corrected chi connectivity index (χ3v) is 1.47. The molecule has 3 heteroatoms. The minimum Gasteiger partial charge on any atom is -0.478 e. The van der Waals surface area contributed by atoms with Gasteiger partial charge in [0, 0.05) is 6.20 Å². The number of aromatic carboxylic acids is 1. The lowest BCUT2D eigenvalue weighted by Gasteiger charge is -1.95. The van der Waals surface area contributed by atoms with Crippen LogP contribution in [0.1, 0.15) is 29.9 Å². The number of carbonyl (C=O) groups is 1. The van der Waals surface area contributed by atoms with Crippen LogP contribution in [0.2, 0.25) is 0 Å². The molecular weight excluding hydrogens is 166 g/mol. The Labute approximate surface area is 76.7 Å². The lowest BCUT2D eigenvalue weighted by Crippen LogP contribution is -1.96. The molecule has 0 radical (unpaired) electrons. The number of hydrogen-bond donors (Lipinski definition) is 1. The van der Waals surface area contributed by atoms with Crippen LogP contribution in [0.4, 0.5) is 0 Å². The monoisotopic (exact) mass is 177 g/mol. The van der Waals surface area contributed by atoms with Crippen molar-refractivity contribution in [2.75, 3.05) is 0 Å². The minimum atomic E-state index is -0.948. The number of nitrogens with zero attached hydrogens (tertiary/aromatic N) is 1. The van der Waals surface area contributed by atoms with Gasteiger partial charge in [-0.2, -0.15) is 0 Å². The first-order chi connectivity index (χ1) is 6.09. The van der Waals surface area contributed by atoms with E-state index in [0.29, 0.717) is 0 Å². The molecule has 3 nitrogen and oxygen atoms in total. The molecule has 1 aromatic rings. The largest absolute Gasteiger partial charge is 0.478 e. The van der Waals surface area contributed by atoms with E-state index in [9.17, 15) is 4.79 Å². The zero-order chi connectivity index (χ0) is 9.84. The molecule has 0 atom stereocenters. The second-order valence-electron chi connectivity index (χ2n) is 3.00. The van der Waals surface area contributed by atoms with Crippen molar-refractivity contribution in [1.29, 1.82) is 0 Å². The van der Waals surface area contributed by atoms with Gasteiger partial charge in [-0.3, -0.25) is 4.98 Å². The van der Waals surface area contributed by atoms with Gasteiger partial charge in [-0.05, 0) is 32.1 Å². The highest BCUT2D eigenvalue weighted by Crippen LogP contribution is 2.04. The molecular formula is C10H11NO2. The van der Waals surface area contributed by atoms with E-state index in [-0.39, 0.29) is 5.56 Å². The summed E-state index contributed by atoms with van der Waals surface area (Å²) in [4.78, 5) is 14.5. The number of pyridine rings is 1. The number of allylic oxidation sites excluding steroid dienone is 1. The minimum absolute atomic E-state index is 0.214. The van der Waals surface area contributed by atoms with E-state index < -0.39 is 5.97 Å². The van der Waals surface area contributed by atoms with Gasteiger partial charge >= 0.3 is 5.97 Å². The van der Waals surface area contributed by atoms with Crippen molar-refractivity contribution < 1.29 is 9.90 Å². The van der Waals surface area contributed by atoms with E-state index in [4.69, 9.17) is 5.11 Å². The molecule has 1 N–H and O–H groups in total. The molecule has 0 fully saturated rings. The molecule has 0 spiro atoms. The van der Waals surface area contributed by atoms with Crippen molar-refractivity contribution in [1.82, 2.24) is 4.98 Å². The molecule has 0 aliphatic carbocycles. The maximum atomic E-state index is 10.5. The van der Waals surface area contributed by atoms with Gasteiger partial charge in [0.25, 0.3) is 0 Å². The average molecular weight is 177 g/mol. The summed E-state index contributed by atoms with van der Waals surface area (Å²) in [5.74, 6) is -0.948. The summed E-state index contributed by atoms with van der Waals surface area (Å²) >= 11 is 0. The van der Waals surface area contributed by atoms with E-state index in [2.05, 4.69) is 4.98 Å². The Morgan fingerprint density at radius 1 is 1.46 bits per heavy atom. The summed E-state index contributed by atoms with van der Waals surface area (Å²) < 4.78 is 0. The summed E-state index contributed by atoms with van der Waals surface area (Å²) in [7, 11) is 0. The van der Waals surface area contributed by atoms with Crippen LogP contribution in [0.25, 0.3) is 6.08 Å². The highest BCUT2D eigenvalue weighted by atomic mass is 16.4. The van der Waals surface area contributed by atoms with Crippen LogP contribution in [0, 0.1) is 0 Å². The topological polar surface area (TPSA) is 50.2 Å². The van der Waals surface area contributed by atoms with E-state index in [1.165, 1.54) is 6.20 Å². The molecule has 1 aromatic heterocycles. The number of hydrogen-bond acceptors (Lipinski definition) is 2. The van der Waals surface area contributed by atoms with Gasteiger partial charge in [0.15, 0.2) is 0 Å². The fourth-order valence-corrected chi connectivity index (χ4v) is 0.913. The Kier molecular flexibility index (Phi) is 2.80. The Hall–Kier alpha value is -1.64. The first-order valence-corrected chi connectivity index (χ1v) is 3.94. The van der Waals surface area contributed by atoms with Gasteiger partial charge in [0.1, 0.15) is 0 Å². The molecule has 0 aliphatic heterocycles. The summed E-state index contributed by atoms with van der Waals surface area (Å²) in [6.07, 6.45) is 3.25. The average Bonchev–Trinajstić information content (AvgIpc) is 2.04. The second-order valence-corrected chi connectivity index (χ2v) is 3.00. The molecule has 68 valence electrons. The van der Waals surface area contributed by atoms with Gasteiger partial charge in [0.2, 0.25) is 0 Å². The maximum Gasteiger partial charge on any atom is 0.337 e. The Bertz CT molecular complexity index is 334. The molecule has 13 heavy (non-hydrogen) atoms. The molecule has 0 unspecified atom stereocenters. The maximum absolute atomic E-state index is 10.5. The van der Waals surface area contributed by atoms with E-state index in [1.54, 1.807) is 12.1 Å². The lowest BCUT2D eigenvalue weighted by molar-refractivity contribution is 0.0696. The van der Waals surface area contributed by atoms with E-state index in [0.717, 1.165) is 11.3 Å². The van der Waals surface area contributed by atoms with Crippen LogP contribution in [0.15, 0.2) is 23.9 Å². The third-order valence-electron chi connectivity index (χ3n) is 1.47. The number of carboxylic acids is 1. The Balaban J connectivity index is 2.94. The zero-order valence-corrected chi connectivity index (χ0v) is 7.61. The highest BCUT2D eigenvalue weighted by molar-refractivity contribution is 5.87. The summed E-state index contributed by atoms with van der Waals surface area (Å²) in [6.45, 7) is 3.93. The van der Waals surface area contributed by atoms with Gasteiger partial charge < -0.3 is 5.11 Å². The molecule has 0 saturated carbocycles. The van der Waals surface area contributed by atoms with Crippen molar-refractivity contribution in [2.24, 2.45) is 0 Å². The van der Waals surface area contributed by atoms with Crippen molar-refractivity contribution in [3.63, 3.8) is 0 Å². The van der Waals surface area contributed by atoms with Crippen LogP contribution >= 0.6 is 0 Å². The number of rotatable bonds is 2. The summed E-state index contributed by atoms with van der Waals surface area (Å²) in [5.41, 5.74) is 2.13. The van der Waals surface area contributed by atoms with Crippen LogP contribution in [-0.2, 0) is 0 Å². The summed E-state index contributed by atoms with van der Waals surface area (Å²) in [5, 5.41) is 8.60. The second kappa shape index (κ2) is 3.85. The SMILES string of the molecule is CC(C)=Cc1ccc(C(=O)O)cn1. The fourth-order valence-electron chi connectivity index (χ4n) is 0.913. The van der Waals surface area contributed by atoms with Crippen LogP contribution in [0.5, 0.6) is 0 Å². The first-order valence-electron chi connectivity index (χ1n) is 3.94. The van der Waals surface area contributed by atoms with Crippen molar-refractivity contribution in [3.05, 3.63) is 35.2 Å². The quantitative estimate of drug-likeness (QED) is 0.753. The van der Waals surface area contributed by atoms with Gasteiger partial charge in [-0.15, -0.1) is 0 Å². The highest BCUT2D eigenvalue weighted by Gasteiger charge is 2.00. The molecule has 0 amide bonds. The molecule has 0 bridgehead atoms. The normalized spacial score (nSPS) is 9.38. The third kappa shape index (κ3) is 2.71. The van der Waals surface area contributed by atoms with Gasteiger partial charge in [-0.25, -0.2) is 4.79 Å². The van der Waals surface area contributed by atoms with E-state index >= 15 is 0 Å². The van der Waals surface area contributed by atoms with Crippen LogP contribution in [-0.4, -0.2) is 16.1 Å². The van der Waals surface area contributed by atoms with Crippen LogP contribution < -0.4 is 0 Å². The predicted octanol–water partition coefficient (Wildman–Crippen LogP) is 2.20. The van der Waals surface area contributed by atoms with Crippen LogP contribution in [0.3, 0.4) is 0 Å². The fraction of sp³-hybridized carbons (Fsp3) is 0.200.